The predicted molar refractivity (Wildman–Crippen MR) is 111 cm³/mol. The van der Waals surface area contributed by atoms with Crippen molar-refractivity contribution in [2.24, 2.45) is 0 Å². The fourth-order valence-corrected chi connectivity index (χ4v) is 4.86. The van der Waals surface area contributed by atoms with Crippen LogP contribution in [0.2, 0.25) is 0 Å². The number of rotatable bonds is 2. The van der Waals surface area contributed by atoms with Gasteiger partial charge in [0.25, 0.3) is 0 Å². The maximum atomic E-state index is 4.47. The molecule has 1 heterocycles. The van der Waals surface area contributed by atoms with Gasteiger partial charge in [-0.2, -0.15) is 0 Å². The van der Waals surface area contributed by atoms with Crippen molar-refractivity contribution in [1.29, 1.82) is 0 Å². The lowest BCUT2D eigenvalue weighted by atomic mass is 9.93. The molecule has 0 aliphatic rings. The van der Waals surface area contributed by atoms with Crippen LogP contribution in [-0.4, -0.2) is 0 Å². The molecule has 0 atom stereocenters. The minimum Gasteiger partial charge on any atom is -0.135 e. The van der Waals surface area contributed by atoms with Gasteiger partial charge in [0.2, 0.25) is 0 Å². The van der Waals surface area contributed by atoms with Crippen LogP contribution in [0.25, 0.3) is 36.5 Å². The summed E-state index contributed by atoms with van der Waals surface area (Å²) < 4.78 is 2.65. The fraction of sp³-hybridized carbons (Fsp3) is 0. The van der Waals surface area contributed by atoms with Crippen molar-refractivity contribution < 1.29 is 0 Å². The van der Waals surface area contributed by atoms with Gasteiger partial charge in [-0.15, -0.1) is 11.3 Å². The summed E-state index contributed by atoms with van der Waals surface area (Å²) in [5, 5.41) is 5.16. The molecule has 0 unspecified atom stereocenters. The van der Waals surface area contributed by atoms with Crippen LogP contribution in [0.4, 0.5) is 0 Å². The first-order valence-electron chi connectivity index (χ1n) is 8.40. The largest absolute Gasteiger partial charge is 0.135 e. The highest BCUT2D eigenvalue weighted by molar-refractivity contribution is 7.26. The number of fused-ring (bicyclic) bond motifs is 4. The fourth-order valence-electron chi connectivity index (χ4n) is 3.62. The Morgan fingerprint density at radius 1 is 0.600 bits per heavy atom. The van der Waals surface area contributed by atoms with E-state index in [1.54, 1.807) is 0 Å². The molecule has 5 aromatic rings. The molecular formula is C24H16S. The minimum atomic E-state index is 1.09. The molecule has 0 fully saturated rings. The monoisotopic (exact) mass is 336 g/mol. The van der Waals surface area contributed by atoms with Gasteiger partial charge in [-0.1, -0.05) is 85.4 Å². The van der Waals surface area contributed by atoms with E-state index >= 15 is 0 Å². The Bertz CT molecular complexity index is 1250. The molecule has 1 aromatic heterocycles. The quantitative estimate of drug-likeness (QED) is 0.318. The Morgan fingerprint density at radius 2 is 1.24 bits per heavy atom. The van der Waals surface area contributed by atoms with Crippen molar-refractivity contribution in [2.75, 3.05) is 0 Å². The first-order valence-corrected chi connectivity index (χ1v) is 9.22. The maximum Gasteiger partial charge on any atom is 0.0433 e. The molecule has 0 N–H and O–H groups in total. The second kappa shape index (κ2) is 5.58. The molecule has 4 aromatic carbocycles. The smallest absolute Gasteiger partial charge is 0.0433 e. The summed E-state index contributed by atoms with van der Waals surface area (Å²) in [7, 11) is 0. The Hall–Kier alpha value is -2.90. The Labute approximate surface area is 150 Å². The Kier molecular flexibility index (Phi) is 3.22. The van der Waals surface area contributed by atoms with Crippen molar-refractivity contribution in [3.63, 3.8) is 0 Å². The number of thiophene rings is 1. The summed E-state index contributed by atoms with van der Waals surface area (Å²) in [6.07, 6.45) is 0. The van der Waals surface area contributed by atoms with Crippen LogP contribution < -0.4 is 0 Å². The second-order valence-corrected chi connectivity index (χ2v) is 7.34. The molecule has 0 saturated carbocycles. The second-order valence-electron chi connectivity index (χ2n) is 6.29. The normalized spacial score (nSPS) is 11.4. The third kappa shape index (κ3) is 2.20. The van der Waals surface area contributed by atoms with Crippen LogP contribution in [0.15, 0.2) is 91.5 Å². The molecule has 0 bridgehead atoms. The highest BCUT2D eigenvalue weighted by Crippen LogP contribution is 2.40. The molecule has 118 valence electrons. The van der Waals surface area contributed by atoms with E-state index in [9.17, 15) is 0 Å². The van der Waals surface area contributed by atoms with E-state index in [4.69, 9.17) is 0 Å². The van der Waals surface area contributed by atoms with E-state index in [2.05, 4.69) is 91.5 Å². The highest BCUT2D eigenvalue weighted by atomic mass is 32.1. The minimum absolute atomic E-state index is 1.09. The van der Waals surface area contributed by atoms with Crippen LogP contribution in [0.1, 0.15) is 11.1 Å². The summed E-state index contributed by atoms with van der Waals surface area (Å²) in [5.74, 6) is 0. The van der Waals surface area contributed by atoms with Gasteiger partial charge in [0, 0.05) is 20.2 Å². The zero-order chi connectivity index (χ0) is 16.8. The molecule has 0 spiro atoms. The lowest BCUT2D eigenvalue weighted by Crippen LogP contribution is -1.88. The first-order chi connectivity index (χ1) is 12.3. The summed E-state index contributed by atoms with van der Waals surface area (Å²) in [6, 6.07) is 30.2. The third-order valence-electron chi connectivity index (χ3n) is 4.84. The lowest BCUT2D eigenvalue weighted by molar-refractivity contribution is 1.65. The topological polar surface area (TPSA) is 0 Å². The molecular weight excluding hydrogens is 320 g/mol. The van der Waals surface area contributed by atoms with Gasteiger partial charge in [0.1, 0.15) is 0 Å². The van der Waals surface area contributed by atoms with E-state index in [0.29, 0.717) is 0 Å². The predicted octanol–water partition coefficient (Wildman–Crippen LogP) is 7.27. The van der Waals surface area contributed by atoms with Crippen LogP contribution >= 0.6 is 11.3 Å². The van der Waals surface area contributed by atoms with Gasteiger partial charge in [-0.25, -0.2) is 0 Å². The number of hydrogen-bond donors (Lipinski definition) is 0. The van der Waals surface area contributed by atoms with Crippen LogP contribution in [0.5, 0.6) is 0 Å². The van der Waals surface area contributed by atoms with Crippen LogP contribution in [0, 0.1) is 0 Å². The molecule has 25 heavy (non-hydrogen) atoms. The third-order valence-corrected chi connectivity index (χ3v) is 6.06. The van der Waals surface area contributed by atoms with Gasteiger partial charge in [-0.3, -0.25) is 0 Å². The average Bonchev–Trinajstić information content (AvgIpc) is 3.06. The van der Waals surface area contributed by atoms with Gasteiger partial charge in [0.05, 0.1) is 0 Å². The Balaban J connectivity index is 1.79. The standard InChI is InChI=1S/C24H16S/c1-16(18-12-6-9-17-8-2-3-10-20(17)18)19-13-7-14-22-21-11-4-5-15-23(21)25-24(19)22/h2-15H,1H2. The van der Waals surface area contributed by atoms with Crippen molar-refractivity contribution in [1.82, 2.24) is 0 Å². The summed E-state index contributed by atoms with van der Waals surface area (Å²) in [6.45, 7) is 4.47. The summed E-state index contributed by atoms with van der Waals surface area (Å²) in [4.78, 5) is 0. The molecule has 0 nitrogen and oxygen atoms in total. The van der Waals surface area contributed by atoms with E-state index in [1.807, 2.05) is 11.3 Å². The SMILES string of the molecule is C=C(c1cccc2ccccc12)c1cccc2c1sc1ccccc12. The molecule has 0 aliphatic carbocycles. The van der Waals surface area contributed by atoms with Crippen molar-refractivity contribution in [3.05, 3.63) is 103 Å². The molecule has 5 rings (SSSR count). The van der Waals surface area contributed by atoms with Gasteiger partial charge >= 0.3 is 0 Å². The Morgan fingerprint density at radius 3 is 2.16 bits per heavy atom. The van der Waals surface area contributed by atoms with Gasteiger partial charge < -0.3 is 0 Å². The van der Waals surface area contributed by atoms with Crippen molar-refractivity contribution in [2.45, 2.75) is 0 Å². The van der Waals surface area contributed by atoms with E-state index in [0.717, 1.165) is 5.57 Å². The molecule has 0 amide bonds. The van der Waals surface area contributed by atoms with Crippen molar-refractivity contribution in [3.8, 4) is 0 Å². The lowest BCUT2D eigenvalue weighted by Gasteiger charge is -2.11. The average molecular weight is 336 g/mol. The van der Waals surface area contributed by atoms with Crippen LogP contribution in [0.3, 0.4) is 0 Å². The summed E-state index contributed by atoms with van der Waals surface area (Å²) in [5.41, 5.74) is 3.53. The summed E-state index contributed by atoms with van der Waals surface area (Å²) >= 11 is 1.86. The highest BCUT2D eigenvalue weighted by Gasteiger charge is 2.13. The van der Waals surface area contributed by atoms with Gasteiger partial charge in [-0.05, 0) is 33.5 Å². The number of hydrogen-bond acceptors (Lipinski definition) is 1. The maximum absolute atomic E-state index is 4.47. The molecule has 0 saturated heterocycles. The molecule has 1 heteroatoms. The van der Waals surface area contributed by atoms with Crippen LogP contribution in [-0.2, 0) is 0 Å². The zero-order valence-electron chi connectivity index (χ0n) is 13.7. The van der Waals surface area contributed by atoms with Gasteiger partial charge in [0.15, 0.2) is 0 Å². The van der Waals surface area contributed by atoms with E-state index < -0.39 is 0 Å². The van der Waals surface area contributed by atoms with E-state index in [-0.39, 0.29) is 0 Å². The zero-order valence-corrected chi connectivity index (χ0v) is 14.5. The van der Waals surface area contributed by atoms with Crippen molar-refractivity contribution >= 4 is 47.9 Å². The molecule has 0 aliphatic heterocycles. The molecule has 0 radical (unpaired) electrons. The first kappa shape index (κ1) is 14.4. The van der Waals surface area contributed by atoms with E-state index in [1.165, 1.54) is 42.1 Å². The number of benzene rings is 4.